The Morgan fingerprint density at radius 3 is 2.42 bits per heavy atom. The molecule has 1 rings (SSSR count). The Bertz CT molecular complexity index is 280. The highest BCUT2D eigenvalue weighted by molar-refractivity contribution is 5.78. The van der Waals surface area contributed by atoms with Gasteiger partial charge in [0.05, 0.1) is 0 Å². The number of amides is 1. The van der Waals surface area contributed by atoms with Crippen LogP contribution >= 0.6 is 0 Å². The number of hydrogen-bond acceptors (Lipinski definition) is 3. The Hall–Kier alpha value is -0.610. The minimum Gasteiger partial charge on any atom is -0.345 e. The number of nitrogens with one attached hydrogen (secondary N) is 1. The van der Waals surface area contributed by atoms with Gasteiger partial charge >= 0.3 is 0 Å². The molecule has 1 atom stereocenters. The van der Waals surface area contributed by atoms with E-state index >= 15 is 0 Å². The highest BCUT2D eigenvalue weighted by atomic mass is 16.2. The quantitative estimate of drug-likeness (QED) is 0.820. The van der Waals surface area contributed by atoms with Crippen LogP contribution in [0, 0.1) is 11.3 Å². The van der Waals surface area contributed by atoms with Gasteiger partial charge in [-0.3, -0.25) is 4.79 Å². The standard InChI is InChI=1S/C15H31N3O/c1-13(12-18-10-7-16-8-11-18)14(19)17(5)9-6-15(2,3)4/h13,16H,6-12H2,1-5H3. The van der Waals surface area contributed by atoms with Gasteiger partial charge in [0.15, 0.2) is 0 Å². The molecule has 0 radical (unpaired) electrons. The van der Waals surface area contributed by atoms with Gasteiger partial charge in [-0.25, -0.2) is 0 Å². The van der Waals surface area contributed by atoms with E-state index < -0.39 is 0 Å². The second kappa shape index (κ2) is 7.25. The first-order valence-corrected chi connectivity index (χ1v) is 7.47. The molecule has 1 N–H and O–H groups in total. The molecule has 4 nitrogen and oxygen atoms in total. The zero-order chi connectivity index (χ0) is 14.5. The first-order valence-electron chi connectivity index (χ1n) is 7.47. The van der Waals surface area contributed by atoms with E-state index in [1.165, 1.54) is 0 Å². The number of piperazine rings is 1. The molecule has 1 unspecified atom stereocenters. The number of carbonyl (C=O) groups is 1. The van der Waals surface area contributed by atoms with E-state index in [0.29, 0.717) is 0 Å². The van der Waals surface area contributed by atoms with Gasteiger partial charge in [0.25, 0.3) is 0 Å². The molecule has 0 aromatic heterocycles. The SMILES string of the molecule is CC(CN1CCNCC1)C(=O)N(C)CCC(C)(C)C. The summed E-state index contributed by atoms with van der Waals surface area (Å²) in [6.07, 6.45) is 1.05. The van der Waals surface area contributed by atoms with Crippen molar-refractivity contribution in [1.82, 2.24) is 15.1 Å². The fraction of sp³-hybridized carbons (Fsp3) is 0.933. The molecular formula is C15H31N3O. The van der Waals surface area contributed by atoms with Crippen LogP contribution in [-0.4, -0.2) is 62.0 Å². The van der Waals surface area contributed by atoms with Crippen molar-refractivity contribution in [2.75, 3.05) is 46.3 Å². The van der Waals surface area contributed by atoms with Crippen LogP contribution < -0.4 is 5.32 Å². The maximum atomic E-state index is 12.3. The van der Waals surface area contributed by atoms with Crippen molar-refractivity contribution in [3.05, 3.63) is 0 Å². The molecule has 0 bridgehead atoms. The lowest BCUT2D eigenvalue weighted by Crippen LogP contribution is -2.47. The average Bonchev–Trinajstić information content (AvgIpc) is 2.35. The third-order valence-electron chi connectivity index (χ3n) is 3.74. The summed E-state index contributed by atoms with van der Waals surface area (Å²) in [4.78, 5) is 16.6. The Balaban J connectivity index is 2.33. The normalized spacial score (nSPS) is 19.2. The molecule has 112 valence electrons. The van der Waals surface area contributed by atoms with Gasteiger partial charge < -0.3 is 15.1 Å². The monoisotopic (exact) mass is 269 g/mol. The fourth-order valence-electron chi connectivity index (χ4n) is 2.35. The van der Waals surface area contributed by atoms with Crippen molar-refractivity contribution in [2.24, 2.45) is 11.3 Å². The first kappa shape index (κ1) is 16.4. The Morgan fingerprint density at radius 2 is 1.89 bits per heavy atom. The van der Waals surface area contributed by atoms with Gasteiger partial charge in [0, 0.05) is 52.2 Å². The van der Waals surface area contributed by atoms with Gasteiger partial charge in [-0.05, 0) is 11.8 Å². The van der Waals surface area contributed by atoms with E-state index in [4.69, 9.17) is 0 Å². The van der Waals surface area contributed by atoms with E-state index in [0.717, 1.165) is 45.7 Å². The predicted octanol–water partition coefficient (Wildman–Crippen LogP) is 1.42. The third kappa shape index (κ3) is 6.39. The smallest absolute Gasteiger partial charge is 0.226 e. The lowest BCUT2D eigenvalue weighted by Gasteiger charge is -2.31. The van der Waals surface area contributed by atoms with Crippen LogP contribution in [0.4, 0.5) is 0 Å². The maximum Gasteiger partial charge on any atom is 0.226 e. The summed E-state index contributed by atoms with van der Waals surface area (Å²) in [7, 11) is 1.93. The lowest BCUT2D eigenvalue weighted by molar-refractivity contribution is -0.134. The number of hydrogen-bond donors (Lipinski definition) is 1. The largest absolute Gasteiger partial charge is 0.345 e. The van der Waals surface area contributed by atoms with Gasteiger partial charge in [-0.1, -0.05) is 27.7 Å². The molecule has 0 aromatic carbocycles. The summed E-state index contributed by atoms with van der Waals surface area (Å²) >= 11 is 0. The van der Waals surface area contributed by atoms with Crippen molar-refractivity contribution < 1.29 is 4.79 Å². The predicted molar refractivity (Wildman–Crippen MR) is 80.2 cm³/mol. The number of nitrogens with zero attached hydrogens (tertiary/aromatic N) is 2. The van der Waals surface area contributed by atoms with Crippen LogP contribution in [0.5, 0.6) is 0 Å². The molecule has 1 fully saturated rings. The second-order valence-corrected chi connectivity index (χ2v) is 7.02. The van der Waals surface area contributed by atoms with Crippen molar-refractivity contribution >= 4 is 5.91 Å². The maximum absolute atomic E-state index is 12.3. The molecule has 0 aromatic rings. The summed E-state index contributed by atoms with van der Waals surface area (Å²) < 4.78 is 0. The molecule has 1 saturated heterocycles. The molecule has 1 amide bonds. The minimum absolute atomic E-state index is 0.100. The lowest BCUT2D eigenvalue weighted by atomic mass is 9.92. The highest BCUT2D eigenvalue weighted by Gasteiger charge is 2.22. The molecule has 1 aliphatic rings. The van der Waals surface area contributed by atoms with Crippen LogP contribution in [0.3, 0.4) is 0 Å². The zero-order valence-corrected chi connectivity index (χ0v) is 13.3. The fourth-order valence-corrected chi connectivity index (χ4v) is 2.35. The molecule has 0 spiro atoms. The highest BCUT2D eigenvalue weighted by Crippen LogP contribution is 2.19. The van der Waals surface area contributed by atoms with E-state index in [2.05, 4.69) is 37.9 Å². The average molecular weight is 269 g/mol. The topological polar surface area (TPSA) is 35.6 Å². The first-order chi connectivity index (χ1) is 8.79. The van der Waals surface area contributed by atoms with E-state index in [1.54, 1.807) is 0 Å². The number of carbonyl (C=O) groups excluding carboxylic acids is 1. The van der Waals surface area contributed by atoms with Crippen molar-refractivity contribution in [3.63, 3.8) is 0 Å². The van der Waals surface area contributed by atoms with Crippen molar-refractivity contribution in [3.8, 4) is 0 Å². The molecular weight excluding hydrogens is 238 g/mol. The number of rotatable bonds is 5. The molecule has 0 aliphatic carbocycles. The van der Waals surface area contributed by atoms with Gasteiger partial charge in [-0.15, -0.1) is 0 Å². The van der Waals surface area contributed by atoms with Crippen LogP contribution in [-0.2, 0) is 4.79 Å². The Labute approximate surface area is 118 Å². The van der Waals surface area contributed by atoms with Gasteiger partial charge in [-0.2, -0.15) is 0 Å². The Kier molecular flexibility index (Phi) is 6.27. The van der Waals surface area contributed by atoms with Crippen LogP contribution in [0.15, 0.2) is 0 Å². The van der Waals surface area contributed by atoms with Gasteiger partial charge in [0.1, 0.15) is 0 Å². The van der Waals surface area contributed by atoms with E-state index in [1.807, 2.05) is 11.9 Å². The van der Waals surface area contributed by atoms with Crippen LogP contribution in [0.25, 0.3) is 0 Å². The molecule has 19 heavy (non-hydrogen) atoms. The summed E-state index contributed by atoms with van der Waals surface area (Å²) in [5.41, 5.74) is 0.288. The second-order valence-electron chi connectivity index (χ2n) is 7.02. The zero-order valence-electron chi connectivity index (χ0n) is 13.3. The van der Waals surface area contributed by atoms with E-state index in [-0.39, 0.29) is 17.2 Å². The molecule has 0 saturated carbocycles. The van der Waals surface area contributed by atoms with Crippen LogP contribution in [0.1, 0.15) is 34.1 Å². The van der Waals surface area contributed by atoms with Gasteiger partial charge in [0.2, 0.25) is 5.91 Å². The summed E-state index contributed by atoms with van der Waals surface area (Å²) in [5, 5.41) is 3.34. The van der Waals surface area contributed by atoms with E-state index in [9.17, 15) is 4.79 Å². The molecule has 1 heterocycles. The molecule has 1 aliphatic heterocycles. The Morgan fingerprint density at radius 1 is 1.32 bits per heavy atom. The van der Waals surface area contributed by atoms with Crippen molar-refractivity contribution in [1.29, 1.82) is 0 Å². The third-order valence-corrected chi connectivity index (χ3v) is 3.74. The van der Waals surface area contributed by atoms with Crippen molar-refractivity contribution in [2.45, 2.75) is 34.1 Å². The summed E-state index contributed by atoms with van der Waals surface area (Å²) in [6, 6.07) is 0. The summed E-state index contributed by atoms with van der Waals surface area (Å²) in [6.45, 7) is 14.7. The minimum atomic E-state index is 0.100. The van der Waals surface area contributed by atoms with Crippen LogP contribution in [0.2, 0.25) is 0 Å². The molecule has 4 heteroatoms. The summed E-state index contributed by atoms with van der Waals surface area (Å²) in [5.74, 6) is 0.380.